The van der Waals surface area contributed by atoms with E-state index >= 15 is 0 Å². The second kappa shape index (κ2) is 11.9. The molecule has 7 nitrogen and oxygen atoms in total. The fourth-order valence-corrected chi connectivity index (χ4v) is 2.87. The average Bonchev–Trinajstić information content (AvgIpc) is 3.02. The summed E-state index contributed by atoms with van der Waals surface area (Å²) >= 11 is 0. The number of aromatic nitrogens is 3. The van der Waals surface area contributed by atoms with Crippen molar-refractivity contribution in [2.24, 2.45) is 12.0 Å². The highest BCUT2D eigenvalue weighted by Gasteiger charge is 2.15. The van der Waals surface area contributed by atoms with Crippen LogP contribution in [-0.4, -0.2) is 46.3 Å². The standard InChI is InChI=1S/C20H32N6O.HI/c1-7-10-27-18-9-8-16(11-22-18)12-23-20(21-4)25(5)13-17-14-26(6)24-19(17)15(2)3;/h8-9,11,14-15H,7,10,12-13H2,1-6H3,(H,21,23);1H. The van der Waals surface area contributed by atoms with Crippen molar-refractivity contribution in [1.29, 1.82) is 0 Å². The summed E-state index contributed by atoms with van der Waals surface area (Å²) in [5, 5.41) is 7.97. The molecule has 1 N–H and O–H groups in total. The van der Waals surface area contributed by atoms with Gasteiger partial charge in [-0.2, -0.15) is 5.10 Å². The lowest BCUT2D eigenvalue weighted by Gasteiger charge is -2.22. The summed E-state index contributed by atoms with van der Waals surface area (Å²) in [7, 11) is 5.79. The van der Waals surface area contributed by atoms with Crippen molar-refractivity contribution in [3.8, 4) is 5.88 Å². The van der Waals surface area contributed by atoms with Gasteiger partial charge in [-0.3, -0.25) is 9.67 Å². The third-order valence-corrected chi connectivity index (χ3v) is 4.17. The van der Waals surface area contributed by atoms with Crippen LogP contribution in [0.15, 0.2) is 29.5 Å². The van der Waals surface area contributed by atoms with Gasteiger partial charge in [-0.25, -0.2) is 4.98 Å². The zero-order valence-electron chi connectivity index (χ0n) is 17.8. The van der Waals surface area contributed by atoms with Gasteiger partial charge in [0, 0.05) is 58.3 Å². The average molecular weight is 500 g/mol. The van der Waals surface area contributed by atoms with Crippen molar-refractivity contribution in [1.82, 2.24) is 25.0 Å². The zero-order chi connectivity index (χ0) is 19.8. The fraction of sp³-hybridized carbons (Fsp3) is 0.550. The highest BCUT2D eigenvalue weighted by atomic mass is 127. The van der Waals surface area contributed by atoms with Crippen LogP contribution >= 0.6 is 24.0 Å². The van der Waals surface area contributed by atoms with Crippen LogP contribution in [0.4, 0.5) is 0 Å². The van der Waals surface area contributed by atoms with Gasteiger partial charge in [0.25, 0.3) is 0 Å². The van der Waals surface area contributed by atoms with Gasteiger partial charge >= 0.3 is 0 Å². The predicted molar refractivity (Wildman–Crippen MR) is 124 cm³/mol. The van der Waals surface area contributed by atoms with Crippen molar-refractivity contribution in [2.75, 3.05) is 20.7 Å². The molecular weight excluding hydrogens is 467 g/mol. The molecule has 0 saturated carbocycles. The first-order valence-corrected chi connectivity index (χ1v) is 9.46. The van der Waals surface area contributed by atoms with Crippen molar-refractivity contribution < 1.29 is 4.74 Å². The normalized spacial score (nSPS) is 11.3. The quantitative estimate of drug-likeness (QED) is 0.341. The minimum absolute atomic E-state index is 0. The van der Waals surface area contributed by atoms with Crippen LogP contribution in [-0.2, 0) is 20.1 Å². The van der Waals surface area contributed by atoms with Gasteiger partial charge in [-0.05, 0) is 17.9 Å². The molecule has 0 aliphatic heterocycles. The van der Waals surface area contributed by atoms with E-state index in [1.807, 2.05) is 37.1 Å². The van der Waals surface area contributed by atoms with Crippen molar-refractivity contribution in [3.63, 3.8) is 0 Å². The van der Waals surface area contributed by atoms with Crippen LogP contribution in [0.1, 0.15) is 49.9 Å². The molecule has 0 saturated heterocycles. The maximum atomic E-state index is 5.52. The lowest BCUT2D eigenvalue weighted by atomic mass is 10.1. The second-order valence-electron chi connectivity index (χ2n) is 6.98. The van der Waals surface area contributed by atoms with Crippen molar-refractivity contribution in [3.05, 3.63) is 41.3 Å². The van der Waals surface area contributed by atoms with Gasteiger partial charge in [-0.1, -0.05) is 26.8 Å². The minimum atomic E-state index is 0. The highest BCUT2D eigenvalue weighted by molar-refractivity contribution is 14.0. The summed E-state index contributed by atoms with van der Waals surface area (Å²) in [6.45, 7) is 8.51. The number of hydrogen-bond donors (Lipinski definition) is 1. The molecule has 2 rings (SSSR count). The van der Waals surface area contributed by atoms with Crippen LogP contribution in [0.5, 0.6) is 5.88 Å². The molecule has 2 aromatic heterocycles. The van der Waals surface area contributed by atoms with E-state index in [1.165, 1.54) is 5.56 Å². The van der Waals surface area contributed by atoms with E-state index in [0.29, 0.717) is 24.9 Å². The van der Waals surface area contributed by atoms with Crippen LogP contribution < -0.4 is 10.1 Å². The van der Waals surface area contributed by atoms with E-state index in [2.05, 4.69) is 52.3 Å². The SMILES string of the molecule is CCCOc1ccc(CNC(=NC)N(C)Cc2cn(C)nc2C(C)C)cn1.I. The minimum Gasteiger partial charge on any atom is -0.478 e. The number of aryl methyl sites for hydroxylation is 1. The van der Waals surface area contributed by atoms with Crippen LogP contribution in [0.25, 0.3) is 0 Å². The summed E-state index contributed by atoms with van der Waals surface area (Å²) < 4.78 is 7.40. The lowest BCUT2D eigenvalue weighted by molar-refractivity contribution is 0.305. The predicted octanol–water partition coefficient (Wildman–Crippen LogP) is 3.55. The smallest absolute Gasteiger partial charge is 0.213 e. The van der Waals surface area contributed by atoms with Crippen LogP contribution in [0, 0.1) is 0 Å². The Labute approximate surface area is 185 Å². The first kappa shape index (κ1) is 24.2. The molecule has 0 aliphatic rings. The number of rotatable bonds is 8. The third kappa shape index (κ3) is 6.96. The molecule has 0 spiro atoms. The monoisotopic (exact) mass is 500 g/mol. The first-order valence-electron chi connectivity index (χ1n) is 9.46. The van der Waals surface area contributed by atoms with Crippen molar-refractivity contribution in [2.45, 2.75) is 46.2 Å². The number of pyridine rings is 1. The van der Waals surface area contributed by atoms with Gasteiger partial charge in [0.1, 0.15) is 0 Å². The molecule has 28 heavy (non-hydrogen) atoms. The van der Waals surface area contributed by atoms with E-state index in [1.54, 1.807) is 7.05 Å². The largest absolute Gasteiger partial charge is 0.478 e. The fourth-order valence-electron chi connectivity index (χ4n) is 2.87. The number of aliphatic imine (C=N–C) groups is 1. The van der Waals surface area contributed by atoms with Crippen LogP contribution in [0.2, 0.25) is 0 Å². The molecule has 2 heterocycles. The summed E-state index contributed by atoms with van der Waals surface area (Å²) in [5.41, 5.74) is 3.43. The zero-order valence-corrected chi connectivity index (χ0v) is 20.1. The molecule has 156 valence electrons. The van der Waals surface area contributed by atoms with Gasteiger partial charge in [0.2, 0.25) is 5.88 Å². The van der Waals surface area contributed by atoms with Crippen LogP contribution in [0.3, 0.4) is 0 Å². The van der Waals surface area contributed by atoms with Gasteiger partial charge in [0.15, 0.2) is 5.96 Å². The van der Waals surface area contributed by atoms with E-state index in [0.717, 1.165) is 30.2 Å². The van der Waals surface area contributed by atoms with Crippen molar-refractivity contribution >= 4 is 29.9 Å². The lowest BCUT2D eigenvalue weighted by Crippen LogP contribution is -2.38. The molecule has 0 unspecified atom stereocenters. The number of hydrogen-bond acceptors (Lipinski definition) is 4. The van der Waals surface area contributed by atoms with Gasteiger partial charge < -0.3 is 15.0 Å². The maximum absolute atomic E-state index is 5.52. The third-order valence-electron chi connectivity index (χ3n) is 4.17. The van der Waals surface area contributed by atoms with Gasteiger partial charge in [0.05, 0.1) is 12.3 Å². The Kier molecular flexibility index (Phi) is 10.3. The number of guanidine groups is 1. The molecule has 8 heteroatoms. The summed E-state index contributed by atoms with van der Waals surface area (Å²) in [4.78, 5) is 10.8. The summed E-state index contributed by atoms with van der Waals surface area (Å²) in [6.07, 6.45) is 4.89. The molecule has 2 aromatic rings. The summed E-state index contributed by atoms with van der Waals surface area (Å²) in [6, 6.07) is 3.93. The Bertz CT molecular complexity index is 742. The molecular formula is C20H33IN6O. The Hall–Kier alpha value is -1.84. The topological polar surface area (TPSA) is 67.6 Å². The molecule has 0 aromatic carbocycles. The number of nitrogens with one attached hydrogen (secondary N) is 1. The Morgan fingerprint density at radius 1 is 1.36 bits per heavy atom. The summed E-state index contributed by atoms with van der Waals surface area (Å²) in [5.74, 6) is 1.89. The second-order valence-corrected chi connectivity index (χ2v) is 6.98. The van der Waals surface area contributed by atoms with E-state index in [4.69, 9.17) is 4.74 Å². The molecule has 0 radical (unpaired) electrons. The molecule has 0 fully saturated rings. The van der Waals surface area contributed by atoms with E-state index in [-0.39, 0.29) is 24.0 Å². The Morgan fingerprint density at radius 2 is 2.11 bits per heavy atom. The number of nitrogens with zero attached hydrogens (tertiary/aromatic N) is 5. The Morgan fingerprint density at radius 3 is 2.68 bits per heavy atom. The van der Waals surface area contributed by atoms with E-state index < -0.39 is 0 Å². The molecule has 0 aliphatic carbocycles. The Balaban J connectivity index is 0.00000392. The molecule has 0 bridgehead atoms. The number of halogens is 1. The highest BCUT2D eigenvalue weighted by Crippen LogP contribution is 2.18. The first-order chi connectivity index (χ1) is 12.9. The molecule has 0 amide bonds. The maximum Gasteiger partial charge on any atom is 0.213 e. The van der Waals surface area contributed by atoms with E-state index in [9.17, 15) is 0 Å². The molecule has 0 atom stereocenters. The van der Waals surface area contributed by atoms with Gasteiger partial charge in [-0.15, -0.1) is 24.0 Å². The number of ether oxygens (including phenoxy) is 1.